The number of nitrogens with zero attached hydrogens (tertiary/aromatic N) is 8. The Labute approximate surface area is 241 Å². The topological polar surface area (TPSA) is 289 Å². The van der Waals surface area contributed by atoms with E-state index in [4.69, 9.17) is 35.3 Å². The third kappa shape index (κ3) is 5.46. The summed E-state index contributed by atoms with van der Waals surface area (Å²) in [4.78, 5) is 41.6. The Hall–Kier alpha value is -4.00. The first kappa shape index (κ1) is 29.1. The maximum Gasteiger partial charge on any atom is 0.472 e. The third-order valence-electron chi connectivity index (χ3n) is 7.09. The van der Waals surface area contributed by atoms with Gasteiger partial charge in [-0.05, 0) is 0 Å². The number of imidazole rings is 2. The maximum absolute atomic E-state index is 12.9. The number of aromatic nitrogens is 8. The number of nitrogen functional groups attached to an aromatic ring is 2. The van der Waals surface area contributed by atoms with Crippen molar-refractivity contribution in [3.05, 3.63) is 29.3 Å². The van der Waals surface area contributed by atoms with Gasteiger partial charge in [0.1, 0.15) is 36.4 Å². The number of phosphoric ester groups is 1. The van der Waals surface area contributed by atoms with E-state index in [1.165, 1.54) is 28.0 Å². The van der Waals surface area contributed by atoms with Crippen LogP contribution in [0.25, 0.3) is 22.3 Å². The molecule has 2 radical (unpaired) electrons. The van der Waals surface area contributed by atoms with Crippen LogP contribution in [0.15, 0.2) is 23.8 Å². The van der Waals surface area contributed by atoms with Gasteiger partial charge in [0, 0.05) is 12.8 Å². The number of nitrogens with one attached hydrogen (secondary N) is 1. The number of H-pyrrole nitrogens is 1. The van der Waals surface area contributed by atoms with Gasteiger partial charge in [-0.25, -0.2) is 19.5 Å². The molecule has 0 saturated carbocycles. The van der Waals surface area contributed by atoms with E-state index in [1.54, 1.807) is 4.57 Å². The van der Waals surface area contributed by atoms with Gasteiger partial charge in [-0.2, -0.15) is 15.5 Å². The minimum Gasteiger partial charge on any atom is -0.465 e. The molecule has 2 aliphatic rings. The zero-order valence-corrected chi connectivity index (χ0v) is 23.0. The van der Waals surface area contributed by atoms with E-state index in [-0.39, 0.29) is 35.8 Å². The largest absolute Gasteiger partial charge is 0.472 e. The number of anilines is 2. The number of aliphatic hydroxyl groups excluding tert-OH is 2. The molecule has 0 amide bonds. The summed E-state index contributed by atoms with van der Waals surface area (Å²) in [6.07, 6.45) is -1.82. The van der Waals surface area contributed by atoms with Crippen LogP contribution in [0.3, 0.4) is 0 Å². The van der Waals surface area contributed by atoms with Crippen molar-refractivity contribution >= 4 is 49.3 Å². The average Bonchev–Trinajstić information content (AvgIpc) is 3.72. The number of ether oxygens (including phenoxy) is 2. The molecule has 43 heavy (non-hydrogen) atoms. The first-order valence-corrected chi connectivity index (χ1v) is 14.3. The second-order valence-corrected chi connectivity index (χ2v) is 11.2. The summed E-state index contributed by atoms with van der Waals surface area (Å²) < 4.78 is 39.3. The molecule has 4 aromatic heterocycles. The first-order valence-electron chi connectivity index (χ1n) is 12.8. The van der Waals surface area contributed by atoms with Crippen molar-refractivity contribution in [2.45, 2.75) is 49.7 Å². The lowest BCUT2D eigenvalue weighted by Gasteiger charge is -2.21. The van der Waals surface area contributed by atoms with Gasteiger partial charge in [-0.3, -0.25) is 28.7 Å². The molecule has 22 heteroatoms. The highest BCUT2D eigenvalue weighted by Crippen LogP contribution is 2.49. The van der Waals surface area contributed by atoms with E-state index in [1.807, 2.05) is 5.97 Å². The van der Waals surface area contributed by atoms with Crippen LogP contribution >= 0.6 is 7.82 Å². The van der Waals surface area contributed by atoms with Gasteiger partial charge in [0.25, 0.3) is 11.2 Å². The predicted molar refractivity (Wildman–Crippen MR) is 142 cm³/mol. The summed E-state index contributed by atoms with van der Waals surface area (Å²) in [5, 5.41) is 29.6. The molecule has 226 valence electrons. The van der Waals surface area contributed by atoms with E-state index in [0.29, 0.717) is 11.2 Å². The van der Waals surface area contributed by atoms with Gasteiger partial charge in [0.2, 0.25) is 17.7 Å². The van der Waals surface area contributed by atoms with Crippen molar-refractivity contribution in [1.29, 1.82) is 5.26 Å². The van der Waals surface area contributed by atoms with Crippen LogP contribution < -0.4 is 21.5 Å². The molecule has 2 fully saturated rings. The van der Waals surface area contributed by atoms with Crippen LogP contribution in [0, 0.1) is 11.2 Å². The summed E-state index contributed by atoms with van der Waals surface area (Å²) in [7, 11) is -3.68. The first-order chi connectivity index (χ1) is 20.6. The third-order valence-corrected chi connectivity index (χ3v) is 8.10. The number of rotatable bonds is 9. The SMILES string of the molecule is N#C[B-][n+]1cn(C2CC(O)C(COP(=O)(O)OC3CC(n4cnc5c(N)ncnc54)OC3CO)O2)c2nc(N)[nH]c(=O)c21. The molecule has 6 rings (SSSR count). The lowest BCUT2D eigenvalue weighted by atomic mass is 9.98. The second kappa shape index (κ2) is 11.3. The normalized spacial score (nSPS) is 27.1. The monoisotopic (exact) mass is 617 g/mol. The molecule has 0 bridgehead atoms. The van der Waals surface area contributed by atoms with Crippen molar-refractivity contribution in [3.8, 4) is 5.97 Å². The van der Waals surface area contributed by atoms with Crippen LogP contribution in [-0.4, -0.2) is 94.2 Å². The number of phosphoric acid groups is 1. The van der Waals surface area contributed by atoms with E-state index < -0.39 is 63.5 Å². The van der Waals surface area contributed by atoms with Crippen LogP contribution in [-0.2, 0) is 23.1 Å². The molecular weight excluding hydrogens is 592 g/mol. The standard InChI is InChI=1S/C21H24BN11O9P/c23-5-22-33-8-32(19-16(33)20(36)30-21(25)29-19)13-1-9(35)12(41-13)4-39-43(37,38)42-10-2-14(40-11(10)3-34)31-7-28-15-17(24)26-6-27-18(15)31/h6-14,34-35H,1-4H2,(H5-,24,25,26,27,29,30,36,37,38)/q-1/p+1. The van der Waals surface area contributed by atoms with Crippen molar-refractivity contribution < 1.29 is 42.7 Å². The van der Waals surface area contributed by atoms with E-state index in [2.05, 4.69) is 24.9 Å². The van der Waals surface area contributed by atoms with Crippen LogP contribution in [0.2, 0.25) is 0 Å². The Morgan fingerprint density at radius 1 is 1.21 bits per heavy atom. The maximum atomic E-state index is 12.9. The Kier molecular flexibility index (Phi) is 7.61. The smallest absolute Gasteiger partial charge is 0.465 e. The molecule has 8 N–H and O–H groups in total. The fraction of sp³-hybridized carbons (Fsp3) is 0.476. The number of nitriles is 1. The van der Waals surface area contributed by atoms with Crippen LogP contribution in [0.4, 0.5) is 11.8 Å². The minimum absolute atomic E-state index is 0.00695. The number of aliphatic hydroxyl groups is 2. The number of fused-ring (bicyclic) bond motifs is 2. The molecule has 2 aliphatic heterocycles. The molecule has 6 heterocycles. The van der Waals surface area contributed by atoms with Crippen molar-refractivity contribution in [3.63, 3.8) is 0 Å². The highest BCUT2D eigenvalue weighted by molar-refractivity contribution is 7.47. The van der Waals surface area contributed by atoms with E-state index >= 15 is 0 Å². The molecule has 0 spiro atoms. The molecule has 7 unspecified atom stereocenters. The van der Waals surface area contributed by atoms with Crippen LogP contribution in [0.5, 0.6) is 0 Å². The zero-order valence-electron chi connectivity index (χ0n) is 22.1. The lowest BCUT2D eigenvalue weighted by Crippen LogP contribution is -2.41. The molecule has 0 aromatic carbocycles. The van der Waals surface area contributed by atoms with Crippen molar-refractivity contribution in [2.75, 3.05) is 24.7 Å². The van der Waals surface area contributed by atoms with Gasteiger partial charge in [0.15, 0.2) is 17.8 Å². The van der Waals surface area contributed by atoms with Crippen LogP contribution in [0.1, 0.15) is 25.3 Å². The fourth-order valence-electron chi connectivity index (χ4n) is 5.13. The van der Waals surface area contributed by atoms with E-state index in [9.17, 15) is 24.5 Å². The predicted octanol–water partition coefficient (Wildman–Crippen LogP) is -2.60. The van der Waals surface area contributed by atoms with Gasteiger partial charge in [0.05, 0.1) is 33.1 Å². The summed E-state index contributed by atoms with van der Waals surface area (Å²) >= 11 is 0. The van der Waals surface area contributed by atoms with Crippen molar-refractivity contribution in [2.24, 2.45) is 0 Å². The number of nitrogens with two attached hydrogens (primary N) is 2. The number of hydrogen-bond donors (Lipinski definition) is 6. The van der Waals surface area contributed by atoms with Gasteiger partial charge in [-0.1, -0.05) is 0 Å². The Morgan fingerprint density at radius 2 is 1.98 bits per heavy atom. The molecule has 7 atom stereocenters. The highest BCUT2D eigenvalue weighted by Gasteiger charge is 2.44. The number of aromatic amines is 1. The van der Waals surface area contributed by atoms with Crippen molar-refractivity contribution in [1.82, 2.24) is 34.1 Å². The molecule has 2 saturated heterocycles. The van der Waals surface area contributed by atoms with E-state index in [0.717, 1.165) is 7.41 Å². The Morgan fingerprint density at radius 3 is 2.74 bits per heavy atom. The molecular formula is C21H25BN11O9P. The molecule has 4 aromatic rings. The van der Waals surface area contributed by atoms with Gasteiger partial charge in [-0.15, -0.1) is 0 Å². The second-order valence-electron chi connectivity index (χ2n) is 9.78. The summed E-state index contributed by atoms with van der Waals surface area (Å²) in [5.74, 6) is 1.82. The quantitative estimate of drug-likeness (QED) is 0.0828. The Balaban J connectivity index is 1.12. The van der Waals surface area contributed by atoms with Gasteiger partial charge < -0.3 is 40.5 Å². The number of hydrogen-bond acceptors (Lipinski definition) is 15. The Bertz CT molecular complexity index is 1830. The zero-order chi connectivity index (χ0) is 30.5. The summed E-state index contributed by atoms with van der Waals surface area (Å²) in [6, 6.07) is 0. The minimum atomic E-state index is -4.76. The summed E-state index contributed by atoms with van der Waals surface area (Å²) in [5.41, 5.74) is 11.8. The fourth-order valence-corrected chi connectivity index (χ4v) is 6.09. The molecule has 20 nitrogen and oxygen atoms in total. The average molecular weight is 617 g/mol. The highest BCUT2D eigenvalue weighted by atomic mass is 31.2. The summed E-state index contributed by atoms with van der Waals surface area (Å²) in [6.45, 7) is -1.07. The lowest BCUT2D eigenvalue weighted by molar-refractivity contribution is -0.499. The van der Waals surface area contributed by atoms with Gasteiger partial charge >= 0.3 is 7.82 Å². The molecule has 0 aliphatic carbocycles.